The maximum atomic E-state index is 11.6. The summed E-state index contributed by atoms with van der Waals surface area (Å²) in [7, 11) is 0. The molecule has 5 heteroatoms. The minimum absolute atomic E-state index is 0.116. The summed E-state index contributed by atoms with van der Waals surface area (Å²) in [6.45, 7) is 1.74. The number of carbonyl (C=O) groups excluding carboxylic acids is 1. The summed E-state index contributed by atoms with van der Waals surface area (Å²) in [5.41, 5.74) is 0. The highest BCUT2D eigenvalue weighted by atomic mass is 16.4. The molecule has 1 aliphatic rings. The van der Waals surface area contributed by atoms with Gasteiger partial charge in [-0.3, -0.25) is 9.59 Å². The molecule has 1 saturated heterocycles. The van der Waals surface area contributed by atoms with Crippen molar-refractivity contribution in [3.63, 3.8) is 0 Å². The highest BCUT2D eigenvalue weighted by molar-refractivity contribution is 5.75. The van der Waals surface area contributed by atoms with Crippen LogP contribution < -0.4 is 10.6 Å². The van der Waals surface area contributed by atoms with Gasteiger partial charge in [0.25, 0.3) is 0 Å². The Morgan fingerprint density at radius 1 is 1.16 bits per heavy atom. The van der Waals surface area contributed by atoms with Gasteiger partial charge in [0.15, 0.2) is 0 Å². The van der Waals surface area contributed by atoms with Crippen LogP contribution in [0, 0.1) is 0 Å². The molecule has 1 amide bonds. The fourth-order valence-corrected chi connectivity index (χ4v) is 2.37. The zero-order valence-corrected chi connectivity index (χ0v) is 11.6. The van der Waals surface area contributed by atoms with Gasteiger partial charge in [-0.05, 0) is 38.6 Å². The first kappa shape index (κ1) is 16.0. The van der Waals surface area contributed by atoms with Gasteiger partial charge in [0, 0.05) is 25.4 Å². The maximum Gasteiger partial charge on any atom is 0.303 e. The Morgan fingerprint density at radius 2 is 2.00 bits per heavy atom. The molecule has 0 spiro atoms. The van der Waals surface area contributed by atoms with Crippen molar-refractivity contribution in [2.45, 2.75) is 63.8 Å². The molecule has 0 bridgehead atoms. The molecule has 0 aromatic rings. The van der Waals surface area contributed by atoms with E-state index in [0.29, 0.717) is 25.4 Å². The summed E-state index contributed by atoms with van der Waals surface area (Å²) < 4.78 is 0. The second-order valence-electron chi connectivity index (χ2n) is 5.24. The van der Waals surface area contributed by atoms with Crippen molar-refractivity contribution in [1.29, 1.82) is 0 Å². The molecule has 0 aliphatic carbocycles. The van der Waals surface area contributed by atoms with Crippen LogP contribution in [0.25, 0.3) is 0 Å². The van der Waals surface area contributed by atoms with Crippen LogP contribution >= 0.6 is 0 Å². The lowest BCUT2D eigenvalue weighted by molar-refractivity contribution is -0.137. The number of hydrogen-bond donors (Lipinski definition) is 3. The Morgan fingerprint density at radius 3 is 2.68 bits per heavy atom. The molecule has 19 heavy (non-hydrogen) atoms. The minimum Gasteiger partial charge on any atom is -0.481 e. The summed E-state index contributed by atoms with van der Waals surface area (Å²) in [5.74, 6) is -0.630. The summed E-state index contributed by atoms with van der Waals surface area (Å²) >= 11 is 0. The van der Waals surface area contributed by atoms with E-state index in [1.165, 1.54) is 19.3 Å². The molecular weight excluding hydrogens is 244 g/mol. The van der Waals surface area contributed by atoms with E-state index in [9.17, 15) is 9.59 Å². The zero-order valence-electron chi connectivity index (χ0n) is 11.6. The number of rotatable bonds is 9. The molecule has 1 fully saturated rings. The number of nitrogens with one attached hydrogen (secondary N) is 2. The van der Waals surface area contributed by atoms with Gasteiger partial charge >= 0.3 is 5.97 Å². The Bertz CT molecular complexity index is 276. The molecule has 110 valence electrons. The predicted octanol–water partition coefficient (Wildman–Crippen LogP) is 1.67. The van der Waals surface area contributed by atoms with E-state index >= 15 is 0 Å². The first-order chi connectivity index (χ1) is 9.18. The molecule has 0 aromatic carbocycles. The number of aliphatic carboxylic acids is 1. The van der Waals surface area contributed by atoms with Crippen molar-refractivity contribution in [3.8, 4) is 0 Å². The highest BCUT2D eigenvalue weighted by Gasteiger charge is 2.13. The Hall–Kier alpha value is -1.10. The highest BCUT2D eigenvalue weighted by Crippen LogP contribution is 2.11. The molecule has 1 heterocycles. The second kappa shape index (κ2) is 9.78. The summed E-state index contributed by atoms with van der Waals surface area (Å²) in [6.07, 6.45) is 7.85. The van der Waals surface area contributed by atoms with Gasteiger partial charge in [-0.2, -0.15) is 0 Å². The predicted molar refractivity (Wildman–Crippen MR) is 74.0 cm³/mol. The first-order valence-corrected chi connectivity index (χ1v) is 7.40. The third-order valence-electron chi connectivity index (χ3n) is 3.52. The number of amides is 1. The van der Waals surface area contributed by atoms with Crippen molar-refractivity contribution < 1.29 is 14.7 Å². The van der Waals surface area contributed by atoms with Crippen molar-refractivity contribution >= 4 is 11.9 Å². The van der Waals surface area contributed by atoms with Gasteiger partial charge in [0.1, 0.15) is 0 Å². The standard InChI is InChI=1S/C14H26N2O3/c17-13(9-8-12-6-3-5-10-15-12)16-11-4-1-2-7-14(18)19/h12,15H,1-11H2,(H,16,17)(H,18,19). The molecule has 1 unspecified atom stereocenters. The van der Waals surface area contributed by atoms with Crippen LogP contribution in [0.5, 0.6) is 0 Å². The van der Waals surface area contributed by atoms with E-state index in [-0.39, 0.29) is 12.3 Å². The summed E-state index contributed by atoms with van der Waals surface area (Å²) in [6, 6.07) is 0.509. The first-order valence-electron chi connectivity index (χ1n) is 7.40. The van der Waals surface area contributed by atoms with Crippen molar-refractivity contribution in [2.75, 3.05) is 13.1 Å². The van der Waals surface area contributed by atoms with Gasteiger partial charge in [-0.25, -0.2) is 0 Å². The average molecular weight is 270 g/mol. The number of carboxylic acid groups (broad SMARTS) is 1. The molecule has 3 N–H and O–H groups in total. The van der Waals surface area contributed by atoms with Crippen LogP contribution in [0.1, 0.15) is 57.8 Å². The monoisotopic (exact) mass is 270 g/mol. The van der Waals surface area contributed by atoms with Gasteiger partial charge in [-0.15, -0.1) is 0 Å². The molecule has 1 rings (SSSR count). The third-order valence-corrected chi connectivity index (χ3v) is 3.52. The Kier molecular flexibility index (Phi) is 8.21. The summed E-state index contributed by atoms with van der Waals surface area (Å²) in [4.78, 5) is 21.9. The molecule has 1 aliphatic heterocycles. The minimum atomic E-state index is -0.746. The Balaban J connectivity index is 1.91. The van der Waals surface area contributed by atoms with Crippen LogP contribution in [0.2, 0.25) is 0 Å². The lowest BCUT2D eigenvalue weighted by Gasteiger charge is -2.23. The van der Waals surface area contributed by atoms with E-state index in [0.717, 1.165) is 25.8 Å². The van der Waals surface area contributed by atoms with Crippen molar-refractivity contribution in [2.24, 2.45) is 0 Å². The molecule has 1 atom stereocenters. The largest absolute Gasteiger partial charge is 0.481 e. The Labute approximate surface area is 115 Å². The topological polar surface area (TPSA) is 78.4 Å². The lowest BCUT2D eigenvalue weighted by Crippen LogP contribution is -2.35. The number of unbranched alkanes of at least 4 members (excludes halogenated alkanes) is 2. The normalized spacial score (nSPS) is 19.1. The van der Waals surface area contributed by atoms with Gasteiger partial charge < -0.3 is 15.7 Å². The SMILES string of the molecule is O=C(O)CCCCCNC(=O)CCC1CCCCN1. The fourth-order valence-electron chi connectivity index (χ4n) is 2.37. The van der Waals surface area contributed by atoms with Crippen LogP contribution in [-0.2, 0) is 9.59 Å². The van der Waals surface area contributed by atoms with E-state index in [1.807, 2.05) is 0 Å². The molecular formula is C14H26N2O3. The molecule has 0 radical (unpaired) electrons. The van der Waals surface area contributed by atoms with E-state index in [4.69, 9.17) is 5.11 Å². The van der Waals surface area contributed by atoms with Crippen LogP contribution in [0.3, 0.4) is 0 Å². The summed E-state index contributed by atoms with van der Waals surface area (Å²) in [5, 5.41) is 14.8. The number of hydrogen-bond acceptors (Lipinski definition) is 3. The van der Waals surface area contributed by atoms with Crippen LogP contribution in [-0.4, -0.2) is 36.1 Å². The molecule has 0 saturated carbocycles. The number of piperidine rings is 1. The fraction of sp³-hybridized carbons (Fsp3) is 0.857. The van der Waals surface area contributed by atoms with E-state index < -0.39 is 5.97 Å². The molecule has 5 nitrogen and oxygen atoms in total. The second-order valence-corrected chi connectivity index (χ2v) is 5.24. The van der Waals surface area contributed by atoms with Crippen LogP contribution in [0.15, 0.2) is 0 Å². The smallest absolute Gasteiger partial charge is 0.303 e. The number of carbonyl (C=O) groups is 2. The van der Waals surface area contributed by atoms with E-state index in [1.54, 1.807) is 0 Å². The van der Waals surface area contributed by atoms with Gasteiger partial charge in [0.2, 0.25) is 5.91 Å². The average Bonchev–Trinajstić information content (AvgIpc) is 2.41. The number of carboxylic acids is 1. The maximum absolute atomic E-state index is 11.6. The zero-order chi connectivity index (χ0) is 13.9. The van der Waals surface area contributed by atoms with E-state index in [2.05, 4.69) is 10.6 Å². The van der Waals surface area contributed by atoms with Crippen LogP contribution in [0.4, 0.5) is 0 Å². The molecule has 0 aromatic heterocycles. The van der Waals surface area contributed by atoms with Crippen molar-refractivity contribution in [3.05, 3.63) is 0 Å². The lowest BCUT2D eigenvalue weighted by atomic mass is 10.0. The van der Waals surface area contributed by atoms with Crippen molar-refractivity contribution in [1.82, 2.24) is 10.6 Å². The quantitative estimate of drug-likeness (QED) is 0.557. The van der Waals surface area contributed by atoms with Gasteiger partial charge in [-0.1, -0.05) is 12.8 Å². The third kappa shape index (κ3) is 8.59. The van der Waals surface area contributed by atoms with Gasteiger partial charge in [0.05, 0.1) is 0 Å².